The second kappa shape index (κ2) is 5.81. The number of nitro benzene ring substituents is 1. The minimum atomic E-state index is -0.405. The number of nitrogens with one attached hydrogen (secondary N) is 1. The van der Waals surface area contributed by atoms with E-state index in [1.165, 1.54) is 6.07 Å². The molecule has 0 aliphatic rings. The SMILES string of the molecule is CNCCOc1cc(C)c([N+](=O)[O-])cc1Br. The van der Waals surface area contributed by atoms with Crippen molar-refractivity contribution < 1.29 is 9.66 Å². The van der Waals surface area contributed by atoms with E-state index >= 15 is 0 Å². The first-order chi connectivity index (χ1) is 7.56. The Labute approximate surface area is 102 Å². The van der Waals surface area contributed by atoms with Crippen LogP contribution >= 0.6 is 15.9 Å². The number of halogens is 1. The molecule has 0 radical (unpaired) electrons. The summed E-state index contributed by atoms with van der Waals surface area (Å²) in [6.45, 7) is 2.93. The molecule has 0 saturated carbocycles. The maximum absolute atomic E-state index is 10.7. The molecule has 1 aromatic rings. The van der Waals surface area contributed by atoms with E-state index in [1.54, 1.807) is 13.0 Å². The summed E-state index contributed by atoms with van der Waals surface area (Å²) in [6, 6.07) is 3.13. The van der Waals surface area contributed by atoms with Gasteiger partial charge in [0.25, 0.3) is 5.69 Å². The third kappa shape index (κ3) is 3.18. The van der Waals surface area contributed by atoms with E-state index in [9.17, 15) is 10.1 Å². The van der Waals surface area contributed by atoms with Crippen LogP contribution in [0.1, 0.15) is 5.56 Å². The standard InChI is InChI=1S/C10H13BrN2O3/c1-7-5-10(16-4-3-12-2)8(11)6-9(7)13(14)15/h5-6,12H,3-4H2,1-2H3. The molecule has 6 heteroatoms. The molecule has 5 nitrogen and oxygen atoms in total. The molecule has 0 spiro atoms. The van der Waals surface area contributed by atoms with Crippen molar-refractivity contribution in [1.29, 1.82) is 0 Å². The first-order valence-corrected chi connectivity index (χ1v) is 5.57. The Morgan fingerprint density at radius 1 is 1.56 bits per heavy atom. The van der Waals surface area contributed by atoms with Gasteiger partial charge in [-0.2, -0.15) is 0 Å². The molecule has 1 rings (SSSR count). The van der Waals surface area contributed by atoms with Crippen LogP contribution in [0, 0.1) is 17.0 Å². The largest absolute Gasteiger partial charge is 0.491 e. The molecule has 88 valence electrons. The number of rotatable bonds is 5. The van der Waals surface area contributed by atoms with Crippen LogP contribution < -0.4 is 10.1 Å². The highest BCUT2D eigenvalue weighted by Gasteiger charge is 2.14. The summed E-state index contributed by atoms with van der Waals surface area (Å²) in [6.07, 6.45) is 0. The molecule has 0 unspecified atom stereocenters. The third-order valence-corrected chi connectivity index (χ3v) is 2.68. The van der Waals surface area contributed by atoms with E-state index in [0.717, 1.165) is 6.54 Å². The van der Waals surface area contributed by atoms with Crippen LogP contribution in [0.2, 0.25) is 0 Å². The van der Waals surface area contributed by atoms with Crippen LogP contribution in [0.25, 0.3) is 0 Å². The fourth-order valence-corrected chi connectivity index (χ4v) is 1.66. The van der Waals surface area contributed by atoms with Gasteiger partial charge in [0.15, 0.2) is 0 Å². The average Bonchev–Trinajstić information content (AvgIpc) is 2.22. The van der Waals surface area contributed by atoms with E-state index in [4.69, 9.17) is 4.74 Å². The van der Waals surface area contributed by atoms with Gasteiger partial charge in [-0.15, -0.1) is 0 Å². The molecule has 1 N–H and O–H groups in total. The van der Waals surface area contributed by atoms with E-state index in [1.807, 2.05) is 7.05 Å². The Balaban J connectivity index is 2.88. The lowest BCUT2D eigenvalue weighted by molar-refractivity contribution is -0.385. The molecule has 0 bridgehead atoms. The topological polar surface area (TPSA) is 64.4 Å². The number of benzene rings is 1. The Morgan fingerprint density at radius 3 is 2.81 bits per heavy atom. The minimum Gasteiger partial charge on any atom is -0.491 e. The first-order valence-electron chi connectivity index (χ1n) is 4.78. The number of hydrogen-bond acceptors (Lipinski definition) is 4. The molecular weight excluding hydrogens is 276 g/mol. The summed E-state index contributed by atoms with van der Waals surface area (Å²) in [5, 5.41) is 13.6. The van der Waals surface area contributed by atoms with Crippen molar-refractivity contribution in [2.75, 3.05) is 20.2 Å². The predicted molar refractivity (Wildman–Crippen MR) is 65.0 cm³/mol. The van der Waals surface area contributed by atoms with Crippen molar-refractivity contribution in [2.45, 2.75) is 6.92 Å². The summed E-state index contributed by atoms with van der Waals surface area (Å²) in [4.78, 5) is 10.3. The molecule has 0 fully saturated rings. The quantitative estimate of drug-likeness (QED) is 0.513. The van der Waals surface area contributed by atoms with Gasteiger partial charge >= 0.3 is 0 Å². The molecule has 16 heavy (non-hydrogen) atoms. The first kappa shape index (κ1) is 12.9. The van der Waals surface area contributed by atoms with Gasteiger partial charge in [0.2, 0.25) is 0 Å². The lowest BCUT2D eigenvalue weighted by Crippen LogP contribution is -2.16. The summed E-state index contributed by atoms with van der Waals surface area (Å²) >= 11 is 3.25. The summed E-state index contributed by atoms with van der Waals surface area (Å²) < 4.78 is 6.06. The van der Waals surface area contributed by atoms with E-state index in [0.29, 0.717) is 22.4 Å². The van der Waals surface area contributed by atoms with Gasteiger partial charge in [-0.3, -0.25) is 10.1 Å². The van der Waals surface area contributed by atoms with Crippen LogP contribution in [0.3, 0.4) is 0 Å². The molecule has 1 aromatic carbocycles. The molecule has 0 aliphatic heterocycles. The smallest absolute Gasteiger partial charge is 0.273 e. The zero-order chi connectivity index (χ0) is 12.1. The lowest BCUT2D eigenvalue weighted by atomic mass is 10.2. The summed E-state index contributed by atoms with van der Waals surface area (Å²) in [5.41, 5.74) is 0.681. The molecule has 0 aliphatic carbocycles. The fraction of sp³-hybridized carbons (Fsp3) is 0.400. The van der Waals surface area contributed by atoms with Gasteiger partial charge in [-0.1, -0.05) is 0 Å². The van der Waals surface area contributed by atoms with Crippen LogP contribution in [-0.4, -0.2) is 25.1 Å². The average molecular weight is 289 g/mol. The third-order valence-electron chi connectivity index (χ3n) is 2.06. The number of likely N-dealkylation sites (N-methyl/N-ethyl adjacent to an activating group) is 1. The Bertz CT molecular complexity index is 396. The van der Waals surface area contributed by atoms with Crippen molar-refractivity contribution >= 4 is 21.6 Å². The summed E-state index contributed by atoms with van der Waals surface area (Å²) in [7, 11) is 1.83. The van der Waals surface area contributed by atoms with Gasteiger partial charge in [-0.05, 0) is 36.0 Å². The Hall–Kier alpha value is -1.14. The van der Waals surface area contributed by atoms with Crippen molar-refractivity contribution in [3.63, 3.8) is 0 Å². The Kier molecular flexibility index (Phi) is 4.70. The molecule has 0 aromatic heterocycles. The fourth-order valence-electron chi connectivity index (χ4n) is 1.21. The van der Waals surface area contributed by atoms with Crippen molar-refractivity contribution in [1.82, 2.24) is 5.32 Å². The zero-order valence-electron chi connectivity index (χ0n) is 9.12. The lowest BCUT2D eigenvalue weighted by Gasteiger charge is -2.08. The van der Waals surface area contributed by atoms with Gasteiger partial charge in [0, 0.05) is 18.2 Å². The van der Waals surface area contributed by atoms with Gasteiger partial charge in [0.1, 0.15) is 12.4 Å². The maximum atomic E-state index is 10.7. The minimum absolute atomic E-state index is 0.0906. The molecule has 0 heterocycles. The maximum Gasteiger partial charge on any atom is 0.273 e. The molecule has 0 atom stereocenters. The molecule has 0 saturated heterocycles. The van der Waals surface area contributed by atoms with Gasteiger partial charge in [-0.25, -0.2) is 0 Å². The van der Waals surface area contributed by atoms with E-state index < -0.39 is 4.92 Å². The molecule has 0 amide bonds. The number of nitro groups is 1. The van der Waals surface area contributed by atoms with Crippen LogP contribution in [0.5, 0.6) is 5.75 Å². The number of aryl methyl sites for hydroxylation is 1. The van der Waals surface area contributed by atoms with Crippen molar-refractivity contribution in [2.24, 2.45) is 0 Å². The van der Waals surface area contributed by atoms with Gasteiger partial charge in [0.05, 0.1) is 9.40 Å². The summed E-state index contributed by atoms with van der Waals surface area (Å²) in [5.74, 6) is 0.623. The second-order valence-electron chi connectivity index (χ2n) is 3.28. The van der Waals surface area contributed by atoms with Crippen LogP contribution in [0.15, 0.2) is 16.6 Å². The normalized spacial score (nSPS) is 10.2. The monoisotopic (exact) mass is 288 g/mol. The van der Waals surface area contributed by atoms with E-state index in [2.05, 4.69) is 21.2 Å². The zero-order valence-corrected chi connectivity index (χ0v) is 10.7. The van der Waals surface area contributed by atoms with E-state index in [-0.39, 0.29) is 5.69 Å². The van der Waals surface area contributed by atoms with Crippen LogP contribution in [0.4, 0.5) is 5.69 Å². The van der Waals surface area contributed by atoms with Gasteiger partial charge < -0.3 is 10.1 Å². The van der Waals surface area contributed by atoms with Crippen molar-refractivity contribution in [3.8, 4) is 5.75 Å². The number of nitrogens with zero attached hydrogens (tertiary/aromatic N) is 1. The second-order valence-corrected chi connectivity index (χ2v) is 4.13. The highest BCUT2D eigenvalue weighted by Crippen LogP contribution is 2.32. The molecular formula is C10H13BrN2O3. The Morgan fingerprint density at radius 2 is 2.25 bits per heavy atom. The number of hydrogen-bond donors (Lipinski definition) is 1. The van der Waals surface area contributed by atoms with Crippen LogP contribution in [-0.2, 0) is 0 Å². The van der Waals surface area contributed by atoms with Crippen molar-refractivity contribution in [3.05, 3.63) is 32.3 Å². The predicted octanol–water partition coefficient (Wildman–Crippen LogP) is 2.26. The highest BCUT2D eigenvalue weighted by atomic mass is 79.9. The number of ether oxygens (including phenoxy) is 1. The highest BCUT2D eigenvalue weighted by molar-refractivity contribution is 9.10.